The van der Waals surface area contributed by atoms with Crippen molar-refractivity contribution in [2.75, 3.05) is 14.2 Å². The zero-order chi connectivity index (χ0) is 24.3. The van der Waals surface area contributed by atoms with Crippen LogP contribution in [0.2, 0.25) is 0 Å². The number of hydrogen-bond donors (Lipinski definition) is 1. The second kappa shape index (κ2) is 9.87. The van der Waals surface area contributed by atoms with E-state index in [1.807, 2.05) is 24.3 Å². The lowest BCUT2D eigenvalue weighted by Gasteiger charge is -2.44. The van der Waals surface area contributed by atoms with Gasteiger partial charge in [-0.05, 0) is 25.8 Å². The molecule has 1 aliphatic heterocycles. The topological polar surface area (TPSA) is 103 Å². The number of methoxy groups -OCH3 is 2. The maximum Gasteiger partial charge on any atom is 0.358 e. The van der Waals surface area contributed by atoms with Crippen molar-refractivity contribution < 1.29 is 23.9 Å². The van der Waals surface area contributed by atoms with Crippen molar-refractivity contribution in [2.24, 2.45) is 0 Å². The van der Waals surface area contributed by atoms with E-state index < -0.39 is 11.5 Å². The predicted octanol–water partition coefficient (Wildman–Crippen LogP) is 2.93. The van der Waals surface area contributed by atoms with Crippen molar-refractivity contribution in [2.45, 2.75) is 70.1 Å². The van der Waals surface area contributed by atoms with Gasteiger partial charge in [-0.25, -0.2) is 4.79 Å². The molecule has 1 saturated carbocycles. The van der Waals surface area contributed by atoms with E-state index in [0.29, 0.717) is 5.75 Å². The molecule has 0 bridgehead atoms. The summed E-state index contributed by atoms with van der Waals surface area (Å²) >= 11 is 0. The molecule has 1 N–H and O–H groups in total. The molecule has 4 rings (SSSR count). The van der Waals surface area contributed by atoms with Crippen LogP contribution in [0, 0.1) is 0 Å². The first kappa shape index (κ1) is 23.8. The van der Waals surface area contributed by atoms with Crippen LogP contribution in [0.15, 0.2) is 30.3 Å². The molecule has 34 heavy (non-hydrogen) atoms. The Balaban J connectivity index is 1.71. The number of aromatic nitrogens is 2. The highest BCUT2D eigenvalue weighted by Gasteiger charge is 2.48. The van der Waals surface area contributed by atoms with E-state index in [1.165, 1.54) is 30.7 Å². The van der Waals surface area contributed by atoms with Crippen LogP contribution < -0.4 is 10.1 Å². The molecule has 2 amide bonds. The Bertz CT molecular complexity index is 1070. The highest BCUT2D eigenvalue weighted by atomic mass is 16.5. The molecule has 2 heterocycles. The number of nitrogens with zero attached hydrogens (tertiary/aromatic N) is 3. The molecular weight excluding hydrogens is 436 g/mol. The second-order valence-electron chi connectivity index (χ2n) is 9.20. The lowest BCUT2D eigenvalue weighted by Crippen LogP contribution is -2.64. The summed E-state index contributed by atoms with van der Waals surface area (Å²) < 4.78 is 11.7. The third kappa shape index (κ3) is 4.51. The van der Waals surface area contributed by atoms with Crippen molar-refractivity contribution in [3.8, 4) is 5.75 Å². The fraction of sp³-hybridized carbons (Fsp3) is 0.520. The number of hydrogen-bond acceptors (Lipinski definition) is 6. The standard InChI is InChI=1S/C25H32N4O5/c1-25(24(32)26-18-11-6-4-5-7-12-18)16-29-20(14-19(27-29)23(31)34-3)22(30)28(25)15-17-10-8-9-13-21(17)33-2/h8-10,13-14,18H,4-7,11-12,15-16H2,1-3H3,(H,26,32)/t25-/m1/s1. The van der Waals surface area contributed by atoms with Gasteiger partial charge in [-0.15, -0.1) is 0 Å². The van der Waals surface area contributed by atoms with Crippen molar-refractivity contribution in [3.63, 3.8) is 0 Å². The van der Waals surface area contributed by atoms with Gasteiger partial charge in [0.2, 0.25) is 5.91 Å². The first-order chi connectivity index (χ1) is 16.4. The number of ether oxygens (including phenoxy) is 2. The Morgan fingerprint density at radius 3 is 2.53 bits per heavy atom. The first-order valence-electron chi connectivity index (χ1n) is 11.8. The van der Waals surface area contributed by atoms with Crippen molar-refractivity contribution in [1.82, 2.24) is 20.0 Å². The van der Waals surface area contributed by atoms with Crippen LogP contribution in [0.1, 0.15) is 72.0 Å². The highest BCUT2D eigenvalue weighted by molar-refractivity contribution is 6.01. The van der Waals surface area contributed by atoms with Gasteiger partial charge in [0, 0.05) is 17.7 Å². The quantitative estimate of drug-likeness (QED) is 0.517. The molecule has 1 fully saturated rings. The molecule has 0 spiro atoms. The molecule has 1 aliphatic carbocycles. The normalized spacial score (nSPS) is 20.9. The van der Waals surface area contributed by atoms with Crippen molar-refractivity contribution in [3.05, 3.63) is 47.3 Å². The van der Waals surface area contributed by atoms with E-state index in [2.05, 4.69) is 10.4 Å². The predicted molar refractivity (Wildman–Crippen MR) is 124 cm³/mol. The first-order valence-corrected chi connectivity index (χ1v) is 11.8. The van der Waals surface area contributed by atoms with E-state index in [-0.39, 0.29) is 42.3 Å². The number of carbonyl (C=O) groups is 3. The van der Waals surface area contributed by atoms with Gasteiger partial charge in [0.25, 0.3) is 5.91 Å². The van der Waals surface area contributed by atoms with Gasteiger partial charge in [0.05, 0.1) is 27.3 Å². The van der Waals surface area contributed by atoms with Gasteiger partial charge in [-0.1, -0.05) is 43.9 Å². The third-order valence-corrected chi connectivity index (χ3v) is 6.89. The minimum atomic E-state index is -1.21. The van der Waals surface area contributed by atoms with Gasteiger partial charge in [-0.2, -0.15) is 5.10 Å². The zero-order valence-corrected chi connectivity index (χ0v) is 20.0. The average Bonchev–Trinajstić information content (AvgIpc) is 3.09. The lowest BCUT2D eigenvalue weighted by atomic mass is 9.93. The third-order valence-electron chi connectivity index (χ3n) is 6.89. The van der Waals surface area contributed by atoms with Gasteiger partial charge in [0.15, 0.2) is 5.69 Å². The lowest BCUT2D eigenvalue weighted by molar-refractivity contribution is -0.134. The van der Waals surface area contributed by atoms with E-state index in [4.69, 9.17) is 9.47 Å². The number of para-hydroxylation sites is 1. The monoisotopic (exact) mass is 468 g/mol. The summed E-state index contributed by atoms with van der Waals surface area (Å²) in [6, 6.07) is 8.94. The average molecular weight is 469 g/mol. The Kier molecular flexibility index (Phi) is 6.90. The molecule has 182 valence electrons. The molecule has 1 atom stereocenters. The van der Waals surface area contributed by atoms with Crippen LogP contribution in [0.4, 0.5) is 0 Å². The summed E-state index contributed by atoms with van der Waals surface area (Å²) in [5, 5.41) is 7.49. The van der Waals surface area contributed by atoms with Crippen LogP contribution in [0.25, 0.3) is 0 Å². The minimum Gasteiger partial charge on any atom is -0.496 e. The second-order valence-corrected chi connectivity index (χ2v) is 9.20. The molecule has 2 aromatic rings. The number of rotatable bonds is 6. The fourth-order valence-corrected chi connectivity index (χ4v) is 4.86. The van der Waals surface area contributed by atoms with Crippen LogP contribution in [-0.2, 0) is 22.6 Å². The van der Waals surface area contributed by atoms with Crippen LogP contribution >= 0.6 is 0 Å². The van der Waals surface area contributed by atoms with Crippen molar-refractivity contribution >= 4 is 17.8 Å². The molecule has 0 radical (unpaired) electrons. The molecule has 9 heteroatoms. The van der Waals surface area contributed by atoms with Gasteiger partial charge in [-0.3, -0.25) is 14.3 Å². The zero-order valence-electron chi connectivity index (χ0n) is 20.0. The minimum absolute atomic E-state index is 0.0384. The molecule has 2 aliphatic rings. The summed E-state index contributed by atoms with van der Waals surface area (Å²) in [5.74, 6) is -0.589. The maximum absolute atomic E-state index is 13.7. The van der Waals surface area contributed by atoms with Crippen molar-refractivity contribution in [1.29, 1.82) is 0 Å². The molecule has 0 saturated heterocycles. The number of nitrogens with one attached hydrogen (secondary N) is 1. The van der Waals surface area contributed by atoms with Gasteiger partial charge in [0.1, 0.15) is 17.0 Å². The smallest absolute Gasteiger partial charge is 0.358 e. The summed E-state index contributed by atoms with van der Waals surface area (Å²) in [7, 11) is 2.84. The summed E-state index contributed by atoms with van der Waals surface area (Å²) in [4.78, 5) is 41.1. The highest BCUT2D eigenvalue weighted by Crippen LogP contribution is 2.32. The van der Waals surface area contributed by atoms with E-state index in [0.717, 1.165) is 31.2 Å². The Labute approximate surface area is 199 Å². The summed E-state index contributed by atoms with van der Waals surface area (Å²) in [6.07, 6.45) is 6.38. The van der Waals surface area contributed by atoms with E-state index in [9.17, 15) is 14.4 Å². The summed E-state index contributed by atoms with van der Waals surface area (Å²) in [6.45, 7) is 2.06. The Hall–Kier alpha value is -3.36. The number of fused-ring (bicyclic) bond motifs is 1. The molecule has 9 nitrogen and oxygen atoms in total. The van der Waals surface area contributed by atoms with Crippen LogP contribution in [-0.4, -0.2) is 58.3 Å². The SMILES string of the molecule is COC(=O)c1cc2n(n1)C[C@](C)(C(=O)NC1CCCCCC1)N(Cc1ccccc1OC)C2=O. The number of carbonyl (C=O) groups excluding carboxylic acids is 3. The Morgan fingerprint density at radius 2 is 1.85 bits per heavy atom. The van der Waals surface area contributed by atoms with E-state index >= 15 is 0 Å². The largest absolute Gasteiger partial charge is 0.496 e. The molecule has 1 aromatic heterocycles. The number of esters is 1. The fourth-order valence-electron chi connectivity index (χ4n) is 4.86. The maximum atomic E-state index is 13.7. The molecular formula is C25H32N4O5. The molecule has 0 unspecified atom stereocenters. The van der Waals surface area contributed by atoms with Crippen LogP contribution in [0.5, 0.6) is 5.75 Å². The molecule has 1 aromatic carbocycles. The van der Waals surface area contributed by atoms with Gasteiger partial charge < -0.3 is 19.7 Å². The van der Waals surface area contributed by atoms with E-state index in [1.54, 1.807) is 18.9 Å². The number of amides is 2. The number of benzene rings is 1. The Morgan fingerprint density at radius 1 is 1.15 bits per heavy atom. The van der Waals surface area contributed by atoms with Gasteiger partial charge >= 0.3 is 5.97 Å². The van der Waals surface area contributed by atoms with Crippen LogP contribution in [0.3, 0.4) is 0 Å². The summed E-state index contributed by atoms with van der Waals surface area (Å²) in [5.41, 5.74) is -0.143.